The van der Waals surface area contributed by atoms with Crippen molar-refractivity contribution in [3.63, 3.8) is 0 Å². The standard InChI is InChI=1S/C15H18BrN3O.2ClH/c1-9(7-17)8-18-15(20)13-5-10(2)19-14-4-3-11(16)6-12(13)14;;/h3-6,9H,7-8,17H2,1-2H3,(H,18,20);2*1H. The van der Waals surface area contributed by atoms with Crippen LogP contribution in [0.25, 0.3) is 10.9 Å². The van der Waals surface area contributed by atoms with Gasteiger partial charge >= 0.3 is 0 Å². The molecule has 2 rings (SSSR count). The first-order chi connectivity index (χ1) is 9.51. The first-order valence-corrected chi connectivity index (χ1v) is 7.35. The molecule has 0 saturated heterocycles. The van der Waals surface area contributed by atoms with Crippen LogP contribution < -0.4 is 11.1 Å². The third kappa shape index (κ3) is 5.09. The highest BCUT2D eigenvalue weighted by molar-refractivity contribution is 9.10. The molecule has 1 aromatic carbocycles. The fourth-order valence-electron chi connectivity index (χ4n) is 1.96. The first-order valence-electron chi connectivity index (χ1n) is 6.56. The van der Waals surface area contributed by atoms with Crippen LogP contribution in [0, 0.1) is 12.8 Å². The zero-order valence-electron chi connectivity index (χ0n) is 12.4. The minimum atomic E-state index is -0.0844. The van der Waals surface area contributed by atoms with E-state index in [1.165, 1.54) is 0 Å². The van der Waals surface area contributed by atoms with E-state index >= 15 is 0 Å². The summed E-state index contributed by atoms with van der Waals surface area (Å²) in [6, 6.07) is 7.57. The van der Waals surface area contributed by atoms with Gasteiger partial charge < -0.3 is 11.1 Å². The molecule has 0 aliphatic carbocycles. The van der Waals surface area contributed by atoms with Crippen LogP contribution in [-0.2, 0) is 0 Å². The van der Waals surface area contributed by atoms with Crippen molar-refractivity contribution in [1.29, 1.82) is 0 Å². The number of hydrogen-bond acceptors (Lipinski definition) is 3. The molecule has 0 aliphatic heterocycles. The largest absolute Gasteiger partial charge is 0.352 e. The maximum absolute atomic E-state index is 12.3. The number of nitrogens with one attached hydrogen (secondary N) is 1. The number of rotatable bonds is 4. The molecule has 0 fully saturated rings. The lowest BCUT2D eigenvalue weighted by Crippen LogP contribution is -2.31. The van der Waals surface area contributed by atoms with Crippen LogP contribution in [0.4, 0.5) is 0 Å². The molecule has 1 amide bonds. The van der Waals surface area contributed by atoms with Crippen molar-refractivity contribution in [2.45, 2.75) is 13.8 Å². The third-order valence-corrected chi connectivity index (χ3v) is 3.65. The number of aryl methyl sites for hydroxylation is 1. The number of hydrogen-bond donors (Lipinski definition) is 2. The van der Waals surface area contributed by atoms with Crippen LogP contribution in [0.1, 0.15) is 23.0 Å². The number of carbonyl (C=O) groups excluding carboxylic acids is 1. The molecule has 3 N–H and O–H groups in total. The minimum absolute atomic E-state index is 0. The molecule has 0 bridgehead atoms. The molecule has 0 spiro atoms. The van der Waals surface area contributed by atoms with Crippen molar-refractivity contribution < 1.29 is 4.79 Å². The Morgan fingerprint density at radius 3 is 2.68 bits per heavy atom. The molecule has 4 nitrogen and oxygen atoms in total. The second-order valence-electron chi connectivity index (χ2n) is 5.02. The molecule has 0 saturated carbocycles. The molecule has 1 atom stereocenters. The molecule has 1 unspecified atom stereocenters. The van der Waals surface area contributed by atoms with E-state index in [9.17, 15) is 4.79 Å². The van der Waals surface area contributed by atoms with Crippen LogP contribution in [0.3, 0.4) is 0 Å². The fourth-order valence-corrected chi connectivity index (χ4v) is 2.32. The molecule has 1 heterocycles. The van der Waals surface area contributed by atoms with Gasteiger partial charge in [0.1, 0.15) is 0 Å². The van der Waals surface area contributed by atoms with Gasteiger partial charge in [0, 0.05) is 22.1 Å². The van der Waals surface area contributed by atoms with Crippen LogP contribution >= 0.6 is 40.7 Å². The average molecular weight is 409 g/mol. The zero-order valence-corrected chi connectivity index (χ0v) is 15.6. The van der Waals surface area contributed by atoms with Gasteiger partial charge in [-0.25, -0.2) is 0 Å². The van der Waals surface area contributed by atoms with Crippen molar-refractivity contribution in [2.24, 2.45) is 11.7 Å². The molecular weight excluding hydrogens is 389 g/mol. The number of amides is 1. The smallest absolute Gasteiger partial charge is 0.252 e. The number of fused-ring (bicyclic) bond motifs is 1. The van der Waals surface area contributed by atoms with Gasteiger partial charge in [-0.05, 0) is 43.7 Å². The number of halogens is 3. The van der Waals surface area contributed by atoms with E-state index in [2.05, 4.69) is 26.2 Å². The van der Waals surface area contributed by atoms with Crippen molar-refractivity contribution in [1.82, 2.24) is 10.3 Å². The first kappa shape index (κ1) is 21.1. The predicted octanol–water partition coefficient (Wildman–Crippen LogP) is 3.47. The molecule has 122 valence electrons. The van der Waals surface area contributed by atoms with Gasteiger partial charge in [0.05, 0.1) is 11.1 Å². The molecule has 0 aliphatic rings. The summed E-state index contributed by atoms with van der Waals surface area (Å²) in [4.78, 5) is 16.8. The van der Waals surface area contributed by atoms with Gasteiger partial charge in [0.25, 0.3) is 5.91 Å². The van der Waals surface area contributed by atoms with Crippen molar-refractivity contribution >= 4 is 57.6 Å². The van der Waals surface area contributed by atoms with E-state index in [1.807, 2.05) is 38.1 Å². The lowest BCUT2D eigenvalue weighted by Gasteiger charge is -2.12. The van der Waals surface area contributed by atoms with Gasteiger partial charge in [-0.15, -0.1) is 24.8 Å². The van der Waals surface area contributed by atoms with Crippen LogP contribution in [0.2, 0.25) is 0 Å². The van der Waals surface area contributed by atoms with E-state index in [-0.39, 0.29) is 36.6 Å². The quantitative estimate of drug-likeness (QED) is 0.813. The van der Waals surface area contributed by atoms with E-state index in [4.69, 9.17) is 5.73 Å². The second-order valence-corrected chi connectivity index (χ2v) is 5.94. The maximum Gasteiger partial charge on any atom is 0.252 e. The summed E-state index contributed by atoms with van der Waals surface area (Å²) in [5.41, 5.74) is 7.87. The monoisotopic (exact) mass is 407 g/mol. The summed E-state index contributed by atoms with van der Waals surface area (Å²) >= 11 is 3.43. The number of benzene rings is 1. The van der Waals surface area contributed by atoms with Gasteiger partial charge in [-0.1, -0.05) is 22.9 Å². The number of nitrogens with two attached hydrogens (primary N) is 1. The highest BCUT2D eigenvalue weighted by Gasteiger charge is 2.13. The summed E-state index contributed by atoms with van der Waals surface area (Å²) in [6.07, 6.45) is 0. The van der Waals surface area contributed by atoms with Crippen LogP contribution in [-0.4, -0.2) is 24.0 Å². The van der Waals surface area contributed by atoms with E-state index in [0.717, 1.165) is 21.1 Å². The summed E-state index contributed by atoms with van der Waals surface area (Å²) in [6.45, 7) is 5.03. The maximum atomic E-state index is 12.3. The Morgan fingerprint density at radius 1 is 1.36 bits per heavy atom. The minimum Gasteiger partial charge on any atom is -0.352 e. The van der Waals surface area contributed by atoms with Crippen LogP contribution in [0.15, 0.2) is 28.7 Å². The number of nitrogens with zero attached hydrogens (tertiary/aromatic N) is 1. The molecule has 0 radical (unpaired) electrons. The molecule has 1 aromatic heterocycles. The summed E-state index contributed by atoms with van der Waals surface area (Å²) in [7, 11) is 0. The topological polar surface area (TPSA) is 68.0 Å². The zero-order chi connectivity index (χ0) is 14.7. The average Bonchev–Trinajstić information content (AvgIpc) is 2.43. The molecule has 22 heavy (non-hydrogen) atoms. The van der Waals surface area contributed by atoms with Gasteiger partial charge in [-0.2, -0.15) is 0 Å². The number of carbonyl (C=O) groups is 1. The third-order valence-electron chi connectivity index (χ3n) is 3.16. The van der Waals surface area contributed by atoms with Crippen molar-refractivity contribution in [2.75, 3.05) is 13.1 Å². The number of aromatic nitrogens is 1. The predicted molar refractivity (Wildman–Crippen MR) is 99.2 cm³/mol. The lowest BCUT2D eigenvalue weighted by molar-refractivity contribution is 0.0950. The van der Waals surface area contributed by atoms with Crippen molar-refractivity contribution in [3.05, 3.63) is 40.0 Å². The Morgan fingerprint density at radius 2 is 2.05 bits per heavy atom. The highest BCUT2D eigenvalue weighted by atomic mass is 79.9. The molecule has 7 heteroatoms. The Balaban J connectivity index is 0.00000220. The Hall–Kier alpha value is -0.880. The van der Waals surface area contributed by atoms with Gasteiger partial charge in [-0.3, -0.25) is 9.78 Å². The highest BCUT2D eigenvalue weighted by Crippen LogP contribution is 2.22. The van der Waals surface area contributed by atoms with E-state index in [0.29, 0.717) is 18.7 Å². The lowest BCUT2D eigenvalue weighted by atomic mass is 10.1. The van der Waals surface area contributed by atoms with E-state index in [1.54, 1.807) is 0 Å². The Bertz CT molecular complexity index is 652. The van der Waals surface area contributed by atoms with Gasteiger partial charge in [0.15, 0.2) is 0 Å². The summed E-state index contributed by atoms with van der Waals surface area (Å²) in [5.74, 6) is 0.179. The van der Waals surface area contributed by atoms with Gasteiger partial charge in [0.2, 0.25) is 0 Å². The second kappa shape index (κ2) is 9.30. The molecule has 2 aromatic rings. The number of pyridine rings is 1. The van der Waals surface area contributed by atoms with E-state index < -0.39 is 0 Å². The SMILES string of the molecule is Cc1cc(C(=O)NCC(C)CN)c2cc(Br)ccc2n1.Cl.Cl. The summed E-state index contributed by atoms with van der Waals surface area (Å²) in [5, 5.41) is 3.78. The fraction of sp³-hybridized carbons (Fsp3) is 0.333. The summed E-state index contributed by atoms with van der Waals surface area (Å²) < 4.78 is 0.931. The Kier molecular flexibility index (Phi) is 8.93. The van der Waals surface area contributed by atoms with Crippen LogP contribution in [0.5, 0.6) is 0 Å². The van der Waals surface area contributed by atoms with Crippen molar-refractivity contribution in [3.8, 4) is 0 Å². The normalized spacial score (nSPS) is 11.3. The Labute approximate surface area is 151 Å². The molecular formula is C15H20BrCl2N3O.